The molecule has 13 heavy (non-hydrogen) atoms. The average molecular weight is 180 g/mol. The van der Waals surface area contributed by atoms with E-state index in [1.165, 1.54) is 12.0 Å². The average Bonchev–Trinajstić information content (AvgIpc) is 2.52. The van der Waals surface area contributed by atoms with Crippen molar-refractivity contribution in [3.63, 3.8) is 0 Å². The molecular weight excluding hydrogens is 164 g/mol. The molecule has 1 aromatic rings. The Balaban J connectivity index is 2.08. The summed E-state index contributed by atoms with van der Waals surface area (Å²) in [6, 6.07) is 0. The first-order valence-electron chi connectivity index (χ1n) is 4.92. The molecular formula is C10H16N2O. The van der Waals surface area contributed by atoms with E-state index in [1.54, 1.807) is 0 Å². The molecule has 0 radical (unpaired) electrons. The fraction of sp³-hybridized carbons (Fsp3) is 0.700. The van der Waals surface area contributed by atoms with E-state index >= 15 is 0 Å². The van der Waals surface area contributed by atoms with E-state index < -0.39 is 0 Å². The lowest BCUT2D eigenvalue weighted by Gasteiger charge is -2.24. The molecule has 2 rings (SSSR count). The monoisotopic (exact) mass is 180 g/mol. The lowest BCUT2D eigenvalue weighted by Crippen LogP contribution is -2.17. The van der Waals surface area contributed by atoms with Gasteiger partial charge in [-0.15, -0.1) is 0 Å². The molecule has 1 aliphatic carbocycles. The van der Waals surface area contributed by atoms with Crippen molar-refractivity contribution in [2.24, 2.45) is 7.05 Å². The second-order valence-electron chi connectivity index (χ2n) is 3.96. The summed E-state index contributed by atoms with van der Waals surface area (Å²) in [7, 11) is 1.93. The van der Waals surface area contributed by atoms with Crippen molar-refractivity contribution in [3.8, 4) is 0 Å². The Hall–Kier alpha value is -0.830. The molecule has 0 amide bonds. The van der Waals surface area contributed by atoms with Crippen LogP contribution in [0.15, 0.2) is 12.4 Å². The van der Waals surface area contributed by atoms with Gasteiger partial charge in [-0.2, -0.15) is 5.10 Å². The molecule has 1 saturated carbocycles. The fourth-order valence-corrected chi connectivity index (χ4v) is 2.12. The van der Waals surface area contributed by atoms with Crippen molar-refractivity contribution in [2.75, 3.05) is 0 Å². The molecule has 0 aliphatic heterocycles. The maximum absolute atomic E-state index is 9.52. The number of aliphatic hydroxyl groups is 1. The highest BCUT2D eigenvalue weighted by atomic mass is 16.3. The van der Waals surface area contributed by atoms with E-state index in [2.05, 4.69) is 11.3 Å². The van der Waals surface area contributed by atoms with Gasteiger partial charge in [0, 0.05) is 13.2 Å². The van der Waals surface area contributed by atoms with Crippen LogP contribution in [-0.2, 0) is 7.05 Å². The molecule has 3 heteroatoms. The molecule has 72 valence electrons. The quantitative estimate of drug-likeness (QED) is 0.710. The van der Waals surface area contributed by atoms with E-state index in [-0.39, 0.29) is 6.10 Å². The van der Waals surface area contributed by atoms with Crippen LogP contribution in [0.2, 0.25) is 0 Å². The third kappa shape index (κ3) is 1.91. The Kier molecular flexibility index (Phi) is 2.36. The number of nitrogens with zero attached hydrogens (tertiary/aromatic N) is 2. The highest BCUT2D eigenvalue weighted by molar-refractivity contribution is 5.12. The maximum Gasteiger partial charge on any atom is 0.0546 e. The van der Waals surface area contributed by atoms with Crippen molar-refractivity contribution in [1.82, 2.24) is 9.78 Å². The zero-order chi connectivity index (χ0) is 9.26. The summed E-state index contributed by atoms with van der Waals surface area (Å²) in [4.78, 5) is 0. The zero-order valence-electron chi connectivity index (χ0n) is 7.98. The Bertz CT molecular complexity index is 282. The summed E-state index contributed by atoms with van der Waals surface area (Å²) in [6.07, 6.45) is 8.09. The SMILES string of the molecule is Cn1cc(C2CCCC(O)C2)cn1. The van der Waals surface area contributed by atoms with Crippen LogP contribution in [0.5, 0.6) is 0 Å². The number of hydrogen-bond acceptors (Lipinski definition) is 2. The summed E-state index contributed by atoms with van der Waals surface area (Å²) < 4.78 is 1.83. The number of aryl methyl sites for hydroxylation is 1. The largest absolute Gasteiger partial charge is 0.393 e. The third-order valence-corrected chi connectivity index (χ3v) is 2.84. The summed E-state index contributed by atoms with van der Waals surface area (Å²) >= 11 is 0. The Labute approximate surface area is 78.4 Å². The van der Waals surface area contributed by atoms with Gasteiger partial charge in [0.25, 0.3) is 0 Å². The minimum atomic E-state index is -0.0982. The van der Waals surface area contributed by atoms with Gasteiger partial charge in [0.15, 0.2) is 0 Å². The number of aromatic nitrogens is 2. The van der Waals surface area contributed by atoms with Gasteiger partial charge in [0.2, 0.25) is 0 Å². The predicted molar refractivity (Wildman–Crippen MR) is 50.4 cm³/mol. The second kappa shape index (κ2) is 3.50. The van der Waals surface area contributed by atoms with Gasteiger partial charge in [0.1, 0.15) is 0 Å². The van der Waals surface area contributed by atoms with E-state index in [9.17, 15) is 5.11 Å². The van der Waals surface area contributed by atoms with Crippen LogP contribution in [0.25, 0.3) is 0 Å². The van der Waals surface area contributed by atoms with Crippen LogP contribution in [0.3, 0.4) is 0 Å². The maximum atomic E-state index is 9.52. The van der Waals surface area contributed by atoms with E-state index in [1.807, 2.05) is 17.9 Å². The minimum Gasteiger partial charge on any atom is -0.393 e. The van der Waals surface area contributed by atoms with Gasteiger partial charge in [-0.1, -0.05) is 6.42 Å². The van der Waals surface area contributed by atoms with Crippen LogP contribution >= 0.6 is 0 Å². The highest BCUT2D eigenvalue weighted by Crippen LogP contribution is 2.32. The van der Waals surface area contributed by atoms with E-state index in [0.29, 0.717) is 5.92 Å². The summed E-state index contributed by atoms with van der Waals surface area (Å²) in [5.74, 6) is 0.525. The van der Waals surface area contributed by atoms with E-state index in [0.717, 1.165) is 19.3 Å². The molecule has 1 aromatic heterocycles. The molecule has 0 saturated heterocycles. The number of aliphatic hydroxyl groups excluding tert-OH is 1. The molecule has 2 atom stereocenters. The Morgan fingerprint density at radius 2 is 2.38 bits per heavy atom. The van der Waals surface area contributed by atoms with Crippen molar-refractivity contribution >= 4 is 0 Å². The van der Waals surface area contributed by atoms with E-state index in [4.69, 9.17) is 0 Å². The van der Waals surface area contributed by atoms with Crippen molar-refractivity contribution in [1.29, 1.82) is 0 Å². The zero-order valence-corrected chi connectivity index (χ0v) is 7.98. The number of rotatable bonds is 1. The highest BCUT2D eigenvalue weighted by Gasteiger charge is 2.22. The minimum absolute atomic E-state index is 0.0982. The lowest BCUT2D eigenvalue weighted by molar-refractivity contribution is 0.119. The van der Waals surface area contributed by atoms with Gasteiger partial charge in [0.05, 0.1) is 12.3 Å². The van der Waals surface area contributed by atoms with Gasteiger partial charge in [-0.05, 0) is 30.7 Å². The summed E-state index contributed by atoms with van der Waals surface area (Å²) in [5.41, 5.74) is 1.28. The topological polar surface area (TPSA) is 38.0 Å². The first kappa shape index (κ1) is 8.75. The van der Waals surface area contributed by atoms with Crippen LogP contribution in [0.1, 0.15) is 37.2 Å². The first-order chi connectivity index (χ1) is 6.25. The molecule has 0 bridgehead atoms. The lowest BCUT2D eigenvalue weighted by atomic mass is 9.84. The summed E-state index contributed by atoms with van der Waals surface area (Å²) in [6.45, 7) is 0. The van der Waals surface area contributed by atoms with Crippen molar-refractivity contribution in [3.05, 3.63) is 18.0 Å². The standard InChI is InChI=1S/C10H16N2O/c1-12-7-9(6-11-12)8-3-2-4-10(13)5-8/h6-8,10,13H,2-5H2,1H3. The number of hydrogen-bond donors (Lipinski definition) is 1. The smallest absolute Gasteiger partial charge is 0.0546 e. The summed E-state index contributed by atoms with van der Waals surface area (Å²) in [5, 5.41) is 13.7. The third-order valence-electron chi connectivity index (χ3n) is 2.84. The Morgan fingerprint density at radius 1 is 1.54 bits per heavy atom. The molecule has 1 heterocycles. The van der Waals surface area contributed by atoms with Crippen LogP contribution in [-0.4, -0.2) is 21.0 Å². The second-order valence-corrected chi connectivity index (χ2v) is 3.96. The molecule has 1 fully saturated rings. The van der Waals surface area contributed by atoms with Gasteiger partial charge in [-0.3, -0.25) is 4.68 Å². The van der Waals surface area contributed by atoms with Crippen molar-refractivity contribution in [2.45, 2.75) is 37.7 Å². The molecule has 0 spiro atoms. The molecule has 1 N–H and O–H groups in total. The van der Waals surface area contributed by atoms with Crippen molar-refractivity contribution < 1.29 is 5.11 Å². The fourth-order valence-electron chi connectivity index (χ4n) is 2.12. The molecule has 0 aromatic carbocycles. The van der Waals surface area contributed by atoms with Crippen LogP contribution in [0.4, 0.5) is 0 Å². The van der Waals surface area contributed by atoms with Crippen LogP contribution < -0.4 is 0 Å². The molecule has 3 nitrogen and oxygen atoms in total. The van der Waals surface area contributed by atoms with Gasteiger partial charge in [-0.25, -0.2) is 0 Å². The normalized spacial score (nSPS) is 29.1. The predicted octanol–water partition coefficient (Wildman–Crippen LogP) is 1.44. The Morgan fingerprint density at radius 3 is 3.00 bits per heavy atom. The molecule has 1 aliphatic rings. The molecule has 2 unspecified atom stereocenters. The van der Waals surface area contributed by atoms with Gasteiger partial charge >= 0.3 is 0 Å². The van der Waals surface area contributed by atoms with Gasteiger partial charge < -0.3 is 5.11 Å². The first-order valence-corrected chi connectivity index (χ1v) is 4.92. The van der Waals surface area contributed by atoms with Crippen LogP contribution in [0, 0.1) is 0 Å².